The summed E-state index contributed by atoms with van der Waals surface area (Å²) in [4.78, 5) is 2.43. The highest BCUT2D eigenvalue weighted by molar-refractivity contribution is 7.25. The fraction of sp³-hybridized carbons (Fsp3) is 0.167. The summed E-state index contributed by atoms with van der Waals surface area (Å²) in [7, 11) is 0. The number of hydrogen-bond acceptors (Lipinski definition) is 2. The second-order valence-corrected chi connectivity index (χ2v) is 16.0. The molecule has 3 bridgehead atoms. The van der Waals surface area contributed by atoms with Gasteiger partial charge in [-0.1, -0.05) is 109 Å². The van der Waals surface area contributed by atoms with E-state index in [2.05, 4.69) is 157 Å². The highest BCUT2D eigenvalue weighted by Gasteiger charge is 2.44. The van der Waals surface area contributed by atoms with Crippen molar-refractivity contribution >= 4 is 59.3 Å². The molecule has 7 aromatic carbocycles. The molecule has 0 aliphatic heterocycles. The summed E-state index contributed by atoms with van der Waals surface area (Å²) in [6.45, 7) is 0. The Morgan fingerprint density at radius 1 is 0.480 bits per heavy atom. The van der Waals surface area contributed by atoms with E-state index in [-0.39, 0.29) is 0 Å². The third-order valence-electron chi connectivity index (χ3n) is 12.2. The van der Waals surface area contributed by atoms with Crippen molar-refractivity contribution in [2.24, 2.45) is 11.8 Å². The smallest absolute Gasteiger partial charge is 0.0476 e. The lowest BCUT2D eigenvalue weighted by Crippen LogP contribution is -2.19. The van der Waals surface area contributed by atoms with Crippen molar-refractivity contribution in [1.82, 2.24) is 0 Å². The van der Waals surface area contributed by atoms with Crippen LogP contribution in [0.5, 0.6) is 0 Å². The number of benzene rings is 7. The van der Waals surface area contributed by atoms with Crippen LogP contribution in [0.15, 0.2) is 152 Å². The van der Waals surface area contributed by atoms with Crippen molar-refractivity contribution < 1.29 is 0 Å². The molecule has 0 N–H and O–H groups in total. The zero-order chi connectivity index (χ0) is 32.8. The number of thiophene rings is 1. The summed E-state index contributed by atoms with van der Waals surface area (Å²) < 4.78 is 2.65. The molecule has 0 spiro atoms. The lowest BCUT2D eigenvalue weighted by molar-refractivity contribution is 0.312. The molecule has 0 radical (unpaired) electrons. The first-order chi connectivity index (χ1) is 24.7. The van der Waals surface area contributed by atoms with E-state index in [0.717, 1.165) is 11.8 Å². The Hall–Kier alpha value is -5.18. The Bertz CT molecular complexity index is 2590. The van der Waals surface area contributed by atoms with E-state index in [1.165, 1.54) is 95.9 Å². The van der Waals surface area contributed by atoms with Crippen LogP contribution in [0.3, 0.4) is 0 Å². The van der Waals surface area contributed by atoms with Crippen molar-refractivity contribution in [3.05, 3.63) is 163 Å². The maximum absolute atomic E-state index is 2.45. The highest BCUT2D eigenvalue weighted by atomic mass is 32.1. The second-order valence-electron chi connectivity index (χ2n) is 14.9. The molecule has 3 aliphatic carbocycles. The quantitative estimate of drug-likeness (QED) is 0.182. The number of rotatable bonds is 4. The molecule has 2 saturated carbocycles. The van der Waals surface area contributed by atoms with Gasteiger partial charge in [-0.2, -0.15) is 0 Å². The second kappa shape index (κ2) is 11.2. The Labute approximate surface area is 297 Å². The molecule has 4 atom stereocenters. The van der Waals surface area contributed by atoms with Crippen LogP contribution in [0.2, 0.25) is 0 Å². The van der Waals surface area contributed by atoms with Crippen LogP contribution in [-0.4, -0.2) is 0 Å². The normalized spacial score (nSPS) is 20.5. The third kappa shape index (κ3) is 4.44. The van der Waals surface area contributed by atoms with E-state index in [1.807, 2.05) is 11.3 Å². The summed E-state index contributed by atoms with van der Waals surface area (Å²) in [5, 5.41) is 5.17. The molecule has 1 nitrogen and oxygen atoms in total. The maximum Gasteiger partial charge on any atom is 0.0476 e. The van der Waals surface area contributed by atoms with Crippen molar-refractivity contribution in [3.8, 4) is 22.3 Å². The third-order valence-corrected chi connectivity index (χ3v) is 13.3. The van der Waals surface area contributed by atoms with Gasteiger partial charge in [0, 0.05) is 37.2 Å². The minimum Gasteiger partial charge on any atom is -0.310 e. The van der Waals surface area contributed by atoms with Crippen molar-refractivity contribution in [1.29, 1.82) is 0 Å². The number of nitrogens with zero attached hydrogens (tertiary/aromatic N) is 1. The summed E-state index contributed by atoms with van der Waals surface area (Å²) in [6, 6.07) is 57.2. The van der Waals surface area contributed by atoms with Crippen LogP contribution in [-0.2, 0) is 0 Å². The zero-order valence-corrected chi connectivity index (χ0v) is 28.7. The number of hydrogen-bond donors (Lipinski definition) is 0. The first kappa shape index (κ1) is 28.6. The summed E-state index contributed by atoms with van der Waals surface area (Å²) in [6.07, 6.45) is 5.49. The van der Waals surface area contributed by atoms with Crippen LogP contribution >= 0.6 is 11.3 Å². The van der Waals surface area contributed by atoms with E-state index in [1.54, 1.807) is 11.1 Å². The molecule has 4 unspecified atom stereocenters. The van der Waals surface area contributed by atoms with Crippen molar-refractivity contribution in [2.45, 2.75) is 37.5 Å². The van der Waals surface area contributed by atoms with Crippen LogP contribution < -0.4 is 4.90 Å². The Morgan fingerprint density at radius 2 is 1.20 bits per heavy atom. The summed E-state index contributed by atoms with van der Waals surface area (Å²) in [5.41, 5.74) is 12.3. The topological polar surface area (TPSA) is 3.24 Å². The molecular formula is C48H37NS. The minimum atomic E-state index is 0.665. The van der Waals surface area contributed by atoms with Gasteiger partial charge < -0.3 is 4.90 Å². The SMILES string of the molecule is c1ccc2c(c1)-c1c(-c3ccc(N(c4ccc5ccccc5c4)c4ccc5c(c4)sc4ccccc45)cc3)cccc1C1CC3CC(C1)C2C3. The van der Waals surface area contributed by atoms with Crippen LogP contribution in [0, 0.1) is 11.8 Å². The monoisotopic (exact) mass is 659 g/mol. The molecule has 1 aromatic heterocycles. The fourth-order valence-corrected chi connectivity index (χ4v) is 11.2. The summed E-state index contributed by atoms with van der Waals surface area (Å²) in [5.74, 6) is 3.08. The minimum absolute atomic E-state index is 0.665. The van der Waals surface area contributed by atoms with Gasteiger partial charge in [-0.25, -0.2) is 0 Å². The number of fused-ring (bicyclic) bond motifs is 11. The predicted molar refractivity (Wildman–Crippen MR) is 213 cm³/mol. The van der Waals surface area contributed by atoms with E-state index in [4.69, 9.17) is 0 Å². The van der Waals surface area contributed by atoms with Gasteiger partial charge in [-0.15, -0.1) is 11.3 Å². The van der Waals surface area contributed by atoms with Gasteiger partial charge in [0.2, 0.25) is 0 Å². The van der Waals surface area contributed by atoms with Gasteiger partial charge in [-0.3, -0.25) is 0 Å². The van der Waals surface area contributed by atoms with Crippen LogP contribution in [0.1, 0.15) is 48.6 Å². The van der Waals surface area contributed by atoms with Gasteiger partial charge in [0.05, 0.1) is 0 Å². The molecule has 0 saturated heterocycles. The predicted octanol–water partition coefficient (Wildman–Crippen LogP) is 14.0. The summed E-state index contributed by atoms with van der Waals surface area (Å²) >= 11 is 1.88. The molecule has 50 heavy (non-hydrogen) atoms. The van der Waals surface area contributed by atoms with E-state index >= 15 is 0 Å². The Kier molecular flexibility index (Phi) is 6.40. The van der Waals surface area contributed by atoms with Crippen LogP contribution in [0.25, 0.3) is 53.2 Å². The lowest BCUT2D eigenvalue weighted by Gasteiger charge is -2.34. The van der Waals surface area contributed by atoms with Gasteiger partial charge >= 0.3 is 0 Å². The molecule has 3 aliphatic rings. The van der Waals surface area contributed by atoms with Gasteiger partial charge in [0.1, 0.15) is 0 Å². The molecule has 2 heteroatoms. The Balaban J connectivity index is 1.06. The maximum atomic E-state index is 2.45. The van der Waals surface area contributed by atoms with Gasteiger partial charge in [0.15, 0.2) is 0 Å². The molecule has 8 aromatic rings. The first-order valence-electron chi connectivity index (χ1n) is 18.3. The molecular weight excluding hydrogens is 623 g/mol. The van der Waals surface area contributed by atoms with Crippen molar-refractivity contribution in [2.75, 3.05) is 4.90 Å². The molecule has 11 rings (SSSR count). The van der Waals surface area contributed by atoms with Gasteiger partial charge in [-0.05, 0) is 136 Å². The number of anilines is 3. The average Bonchev–Trinajstić information content (AvgIpc) is 3.70. The highest BCUT2D eigenvalue weighted by Crippen LogP contribution is 2.60. The Morgan fingerprint density at radius 3 is 2.14 bits per heavy atom. The first-order valence-corrected chi connectivity index (χ1v) is 19.1. The van der Waals surface area contributed by atoms with E-state index in [9.17, 15) is 0 Å². The van der Waals surface area contributed by atoms with E-state index in [0.29, 0.717) is 11.8 Å². The fourth-order valence-electron chi connectivity index (χ4n) is 10.1. The molecule has 2 fully saturated rings. The average molecular weight is 660 g/mol. The van der Waals surface area contributed by atoms with E-state index < -0.39 is 0 Å². The molecule has 240 valence electrons. The molecule has 0 amide bonds. The lowest BCUT2D eigenvalue weighted by atomic mass is 9.70. The van der Waals surface area contributed by atoms with Crippen molar-refractivity contribution in [3.63, 3.8) is 0 Å². The zero-order valence-electron chi connectivity index (χ0n) is 27.9. The largest absolute Gasteiger partial charge is 0.310 e. The molecule has 1 heterocycles. The van der Waals surface area contributed by atoms with Crippen LogP contribution in [0.4, 0.5) is 17.1 Å². The standard InChI is InChI=1S/C48H37NS/c1-2-9-33-28-37(21-16-31(33)8-1)49(38-22-23-43-42-11-5-6-15-46(42)50-47(43)29-38)36-19-17-32(18-20-36)39-13-7-14-40-34-24-30-25-35(27-34)45(26-30)41-10-3-4-12-44(41)48(39)40/h1-23,28-30,34-35,45H,24-27H2. The van der Waals surface area contributed by atoms with Gasteiger partial charge in [0.25, 0.3) is 0 Å².